The number of anilines is 1. The average Bonchev–Trinajstić information content (AvgIpc) is 3.42. The molecule has 2 aromatic rings. The van der Waals surface area contributed by atoms with E-state index in [1.165, 1.54) is 14.2 Å². The fourth-order valence-electron chi connectivity index (χ4n) is 6.35. The Labute approximate surface area is 227 Å². The number of likely N-dealkylation sites (tertiary alicyclic amines) is 1. The summed E-state index contributed by atoms with van der Waals surface area (Å²) < 4.78 is 10.3. The van der Waals surface area contributed by atoms with Crippen molar-refractivity contribution in [3.05, 3.63) is 77.0 Å². The highest BCUT2D eigenvalue weighted by Gasteiger charge is 2.66. The molecule has 9 nitrogen and oxygen atoms in total. The topological polar surface area (TPSA) is 109 Å². The summed E-state index contributed by atoms with van der Waals surface area (Å²) in [5, 5.41) is 10.5. The molecule has 9 heteroatoms. The molecular formula is C30H33N3O6. The van der Waals surface area contributed by atoms with Crippen molar-refractivity contribution in [2.24, 2.45) is 10.9 Å². The number of aliphatic hydroxyl groups is 1. The Morgan fingerprint density at radius 1 is 1.03 bits per heavy atom. The van der Waals surface area contributed by atoms with Crippen LogP contribution >= 0.6 is 0 Å². The molecule has 3 aliphatic heterocycles. The predicted molar refractivity (Wildman–Crippen MR) is 145 cm³/mol. The Balaban J connectivity index is 1.82. The number of para-hydroxylation sites is 1. The van der Waals surface area contributed by atoms with Gasteiger partial charge in [0.2, 0.25) is 5.91 Å². The lowest BCUT2D eigenvalue weighted by molar-refractivity contribution is -0.139. The van der Waals surface area contributed by atoms with Gasteiger partial charge in [0, 0.05) is 18.7 Å². The second kappa shape index (κ2) is 10.3. The summed E-state index contributed by atoms with van der Waals surface area (Å²) in [6.45, 7) is 4.03. The molecule has 3 unspecified atom stereocenters. The number of amidine groups is 1. The highest BCUT2D eigenvalue weighted by Crippen LogP contribution is 2.58. The quantitative estimate of drug-likeness (QED) is 0.547. The van der Waals surface area contributed by atoms with E-state index in [2.05, 4.69) is 4.90 Å². The van der Waals surface area contributed by atoms with E-state index in [1.807, 2.05) is 68.4 Å². The van der Waals surface area contributed by atoms with Crippen molar-refractivity contribution in [2.75, 3.05) is 25.7 Å². The van der Waals surface area contributed by atoms with Crippen LogP contribution in [0.3, 0.4) is 0 Å². The van der Waals surface area contributed by atoms with Crippen molar-refractivity contribution in [3.63, 3.8) is 0 Å². The first-order valence-electron chi connectivity index (χ1n) is 13.1. The number of esters is 2. The molecule has 2 aromatic carbocycles. The van der Waals surface area contributed by atoms with E-state index in [1.54, 1.807) is 4.90 Å². The monoisotopic (exact) mass is 531 g/mol. The number of methoxy groups -OCH3 is 2. The van der Waals surface area contributed by atoms with E-state index in [0.29, 0.717) is 18.8 Å². The summed E-state index contributed by atoms with van der Waals surface area (Å²) in [5.74, 6) is -1.26. The Bertz CT molecular complexity index is 1370. The number of aliphatic imine (C=N–C) groups is 1. The van der Waals surface area contributed by atoms with Crippen molar-refractivity contribution >= 4 is 29.4 Å². The molecule has 1 saturated heterocycles. The van der Waals surface area contributed by atoms with Gasteiger partial charge in [-0.2, -0.15) is 0 Å². The van der Waals surface area contributed by atoms with E-state index in [4.69, 9.17) is 14.5 Å². The third kappa shape index (κ3) is 4.12. The maximum Gasteiger partial charge on any atom is 0.357 e. The van der Waals surface area contributed by atoms with E-state index in [9.17, 15) is 19.5 Å². The van der Waals surface area contributed by atoms with Gasteiger partial charge >= 0.3 is 11.9 Å². The fourth-order valence-corrected chi connectivity index (χ4v) is 6.35. The van der Waals surface area contributed by atoms with Crippen molar-refractivity contribution in [3.8, 4) is 0 Å². The van der Waals surface area contributed by atoms with Crippen molar-refractivity contribution < 1.29 is 29.0 Å². The second-order valence-electron chi connectivity index (χ2n) is 10.6. The minimum atomic E-state index is -0.980. The minimum absolute atomic E-state index is 0.0695. The molecule has 1 N–H and O–H groups in total. The van der Waals surface area contributed by atoms with Crippen molar-refractivity contribution in [1.82, 2.24) is 4.90 Å². The molecule has 0 radical (unpaired) electrons. The number of amides is 1. The summed E-state index contributed by atoms with van der Waals surface area (Å²) in [6, 6.07) is 16.3. The summed E-state index contributed by atoms with van der Waals surface area (Å²) in [6.07, 6.45) is 0.570. The van der Waals surface area contributed by atoms with Gasteiger partial charge < -0.3 is 19.5 Å². The molecular weight excluding hydrogens is 498 g/mol. The number of rotatable bonds is 7. The average molecular weight is 532 g/mol. The van der Waals surface area contributed by atoms with Crippen LogP contribution in [0.1, 0.15) is 37.8 Å². The van der Waals surface area contributed by atoms with Gasteiger partial charge in [-0.3, -0.25) is 9.69 Å². The van der Waals surface area contributed by atoms with Gasteiger partial charge in [-0.1, -0.05) is 62.4 Å². The van der Waals surface area contributed by atoms with Gasteiger partial charge in [-0.25, -0.2) is 14.6 Å². The fraction of sp³-hybridized carbons (Fsp3) is 0.400. The van der Waals surface area contributed by atoms with E-state index < -0.39 is 29.4 Å². The van der Waals surface area contributed by atoms with Gasteiger partial charge in [-0.05, 0) is 29.5 Å². The van der Waals surface area contributed by atoms with Crippen LogP contribution in [-0.4, -0.2) is 66.6 Å². The first kappa shape index (κ1) is 26.6. The lowest BCUT2D eigenvalue weighted by Gasteiger charge is -2.40. The predicted octanol–water partition coefficient (Wildman–Crippen LogP) is 2.96. The van der Waals surface area contributed by atoms with Gasteiger partial charge in [-0.15, -0.1) is 0 Å². The smallest absolute Gasteiger partial charge is 0.357 e. The lowest BCUT2D eigenvalue weighted by Crippen LogP contribution is -2.55. The maximum absolute atomic E-state index is 13.7. The molecule has 0 bridgehead atoms. The van der Waals surface area contributed by atoms with Crippen LogP contribution in [0, 0.1) is 5.92 Å². The summed E-state index contributed by atoms with van der Waals surface area (Å²) in [5.41, 5.74) is 1.66. The zero-order valence-electron chi connectivity index (χ0n) is 22.6. The van der Waals surface area contributed by atoms with Crippen LogP contribution < -0.4 is 4.90 Å². The molecule has 1 fully saturated rings. The third-order valence-corrected chi connectivity index (χ3v) is 7.81. The van der Waals surface area contributed by atoms with Crippen LogP contribution in [0.5, 0.6) is 0 Å². The number of fused-ring (bicyclic) bond motifs is 1. The van der Waals surface area contributed by atoms with Gasteiger partial charge in [0.05, 0.1) is 43.9 Å². The van der Waals surface area contributed by atoms with E-state index in [-0.39, 0.29) is 36.1 Å². The van der Waals surface area contributed by atoms with Gasteiger partial charge in [0.15, 0.2) is 5.70 Å². The number of benzene rings is 2. The number of carbonyl (C=O) groups excluding carboxylic acids is 3. The summed E-state index contributed by atoms with van der Waals surface area (Å²) in [4.78, 5) is 48.7. The summed E-state index contributed by atoms with van der Waals surface area (Å²) >= 11 is 0. The molecule has 3 atom stereocenters. The Morgan fingerprint density at radius 2 is 1.69 bits per heavy atom. The molecule has 39 heavy (non-hydrogen) atoms. The van der Waals surface area contributed by atoms with Crippen LogP contribution in [0.4, 0.5) is 5.69 Å². The molecule has 3 heterocycles. The van der Waals surface area contributed by atoms with Crippen LogP contribution in [-0.2, 0) is 35.8 Å². The standard InChI is InChI=1S/C30H33N3O6/c1-18(2)14-23(35)33-20(17-34)15-30-21-12-8-9-13-22(21)32(16-19-10-6-5-7-11-19)26(30)24(27(36)38-3)25(28(37)39-4)31-29(30)33/h5-13,18,20,26,34H,14-17H2,1-4H3. The molecule has 3 aliphatic rings. The Kier molecular flexibility index (Phi) is 7.03. The first-order valence-corrected chi connectivity index (χ1v) is 13.1. The SMILES string of the molecule is COC(=O)C1=C(C(=O)OC)C2N(Cc3ccccc3)c3ccccc3C23CC(CO)N(C(=O)CC(C)C)C3=N1. The molecule has 1 spiro atoms. The molecule has 0 aliphatic carbocycles. The molecule has 0 saturated carbocycles. The molecule has 204 valence electrons. The number of nitrogens with zero attached hydrogens (tertiary/aromatic N) is 3. The van der Waals surface area contributed by atoms with Gasteiger partial charge in [0.1, 0.15) is 5.84 Å². The first-order chi connectivity index (χ1) is 18.8. The largest absolute Gasteiger partial charge is 0.466 e. The highest BCUT2D eigenvalue weighted by atomic mass is 16.5. The molecule has 1 amide bonds. The minimum Gasteiger partial charge on any atom is -0.466 e. The molecule has 5 rings (SSSR count). The number of aliphatic hydroxyl groups excluding tert-OH is 1. The number of carbonyl (C=O) groups is 3. The maximum atomic E-state index is 13.7. The number of ether oxygens (including phenoxy) is 2. The lowest BCUT2D eigenvalue weighted by atomic mass is 9.69. The molecule has 0 aromatic heterocycles. The highest BCUT2D eigenvalue weighted by molar-refractivity contribution is 6.15. The number of hydrogen-bond donors (Lipinski definition) is 1. The van der Waals surface area contributed by atoms with Gasteiger partial charge in [0.25, 0.3) is 0 Å². The van der Waals surface area contributed by atoms with Crippen LogP contribution in [0.15, 0.2) is 70.9 Å². The van der Waals surface area contributed by atoms with Crippen LogP contribution in [0.2, 0.25) is 0 Å². The number of hydrogen-bond acceptors (Lipinski definition) is 8. The summed E-state index contributed by atoms with van der Waals surface area (Å²) in [7, 11) is 2.49. The normalized spacial score (nSPS) is 23.3. The van der Waals surface area contributed by atoms with Crippen LogP contribution in [0.25, 0.3) is 0 Å². The van der Waals surface area contributed by atoms with Crippen molar-refractivity contribution in [2.45, 2.75) is 50.7 Å². The van der Waals surface area contributed by atoms with E-state index >= 15 is 0 Å². The van der Waals surface area contributed by atoms with Crippen molar-refractivity contribution in [1.29, 1.82) is 0 Å². The van der Waals surface area contributed by atoms with E-state index in [0.717, 1.165) is 16.8 Å². The zero-order valence-corrected chi connectivity index (χ0v) is 22.6. The Hall–Kier alpha value is -3.98. The second-order valence-corrected chi connectivity index (χ2v) is 10.6. The third-order valence-electron chi connectivity index (χ3n) is 7.81. The Morgan fingerprint density at radius 3 is 2.33 bits per heavy atom. The zero-order chi connectivity index (χ0) is 27.9.